The molecule has 3 N–H and O–H groups in total. The smallest absolute Gasteiger partial charge is 0.438 e. The number of nitrogens with zero attached hydrogens (tertiary/aromatic N) is 4. The van der Waals surface area contributed by atoms with Gasteiger partial charge in [-0.3, -0.25) is 14.8 Å². The highest BCUT2D eigenvalue weighted by Gasteiger charge is 2.46. The van der Waals surface area contributed by atoms with E-state index in [1.165, 1.54) is 15.6 Å². The first-order valence-electron chi connectivity index (χ1n) is 12.0. The van der Waals surface area contributed by atoms with Crippen molar-refractivity contribution in [1.29, 1.82) is 5.26 Å². The average molecular weight is 611 g/mol. The number of thiophene rings is 1. The number of carbonyl (C=O) groups is 2. The lowest BCUT2D eigenvalue weighted by atomic mass is 9.93. The van der Waals surface area contributed by atoms with E-state index in [2.05, 4.69) is 15.2 Å². The predicted octanol–water partition coefficient (Wildman–Crippen LogP) is 4.55. The number of piperazine rings is 1. The highest BCUT2D eigenvalue weighted by atomic mass is 35.5. The first kappa shape index (κ1) is 27.2. The summed E-state index contributed by atoms with van der Waals surface area (Å²) in [5.41, 5.74) is 5.88. The van der Waals surface area contributed by atoms with Crippen LogP contribution in [-0.4, -0.2) is 58.1 Å². The van der Waals surface area contributed by atoms with Crippen molar-refractivity contribution in [2.24, 2.45) is 0 Å². The number of halogens is 6. The summed E-state index contributed by atoms with van der Waals surface area (Å²) in [6.07, 6.45) is -6.71. The summed E-state index contributed by atoms with van der Waals surface area (Å²) in [4.78, 5) is 26.6. The number of nitrogen functional groups attached to an aromatic ring is 1. The number of ether oxygens (including phenoxy) is 1. The highest BCUT2D eigenvalue weighted by Crippen LogP contribution is 2.46. The molecule has 1 amide bonds. The minimum Gasteiger partial charge on any atom is -0.438 e. The lowest BCUT2D eigenvalue weighted by Crippen LogP contribution is -2.62. The summed E-state index contributed by atoms with van der Waals surface area (Å²) in [6, 6.07) is 4.25. The number of nitriles is 1. The maximum absolute atomic E-state index is 16.1. The second-order valence-electron chi connectivity index (χ2n) is 9.40. The van der Waals surface area contributed by atoms with Crippen LogP contribution in [0.2, 0.25) is 5.15 Å². The molecule has 2 aliphatic rings. The molecule has 0 bridgehead atoms. The van der Waals surface area contributed by atoms with Crippen LogP contribution in [0.25, 0.3) is 32.1 Å². The third-order valence-corrected chi connectivity index (χ3v) is 8.46. The van der Waals surface area contributed by atoms with Gasteiger partial charge in [-0.1, -0.05) is 17.7 Å². The number of fused-ring (bicyclic) bond motifs is 2. The molecule has 212 valence electrons. The molecule has 41 heavy (non-hydrogen) atoms. The summed E-state index contributed by atoms with van der Waals surface area (Å²) in [6.45, 7) is 0.0472. The molecule has 4 heterocycles. The van der Waals surface area contributed by atoms with Crippen LogP contribution in [0.4, 0.5) is 27.0 Å². The van der Waals surface area contributed by atoms with Gasteiger partial charge in [0, 0.05) is 30.6 Å². The maximum atomic E-state index is 16.1. The molecular formula is C25H16ClF5N6O3S. The Morgan fingerprint density at radius 1 is 1.22 bits per heavy atom. The average Bonchev–Trinajstić information content (AvgIpc) is 3.43. The zero-order chi connectivity index (χ0) is 29.4. The Balaban J connectivity index is 1.53. The molecule has 4 aromatic rings. The van der Waals surface area contributed by atoms with Crippen LogP contribution in [0, 0.1) is 23.0 Å². The number of amides is 1. The third-order valence-electron chi connectivity index (χ3n) is 7.17. The number of aromatic nitrogens is 2. The van der Waals surface area contributed by atoms with Crippen LogP contribution >= 0.6 is 22.9 Å². The fourth-order valence-corrected chi connectivity index (χ4v) is 6.70. The normalized spacial score (nSPS) is 19.1. The van der Waals surface area contributed by atoms with Crippen molar-refractivity contribution in [2.75, 3.05) is 18.8 Å². The SMILES string of the molecule is N#Cc1c(N)sc2c(F)ccc(-c3c(F)cc4c5c3c(Cl)nn5CC[C@H]3C(OC(=O)C(F)(F)F)NCCN3C4=O)c12. The number of anilines is 1. The van der Waals surface area contributed by atoms with Crippen LogP contribution in [-0.2, 0) is 16.1 Å². The molecule has 9 nitrogen and oxygen atoms in total. The molecule has 0 aliphatic carbocycles. The van der Waals surface area contributed by atoms with Crippen molar-refractivity contribution in [3.05, 3.63) is 46.1 Å². The molecule has 0 saturated carbocycles. The van der Waals surface area contributed by atoms with E-state index in [-0.39, 0.29) is 79.5 Å². The van der Waals surface area contributed by atoms with E-state index >= 15 is 4.39 Å². The van der Waals surface area contributed by atoms with Crippen LogP contribution in [0.5, 0.6) is 0 Å². The van der Waals surface area contributed by atoms with Gasteiger partial charge in [0.1, 0.15) is 22.7 Å². The second kappa shape index (κ2) is 9.54. The molecule has 1 unspecified atom stereocenters. The lowest BCUT2D eigenvalue weighted by Gasteiger charge is -2.42. The van der Waals surface area contributed by atoms with Crippen LogP contribution in [0.15, 0.2) is 18.2 Å². The lowest BCUT2D eigenvalue weighted by molar-refractivity contribution is -0.210. The minimum atomic E-state index is -5.24. The largest absolute Gasteiger partial charge is 0.490 e. The number of hydrogen-bond donors (Lipinski definition) is 2. The topological polar surface area (TPSA) is 126 Å². The Kier molecular flexibility index (Phi) is 6.32. The van der Waals surface area contributed by atoms with E-state index in [1.54, 1.807) is 0 Å². The zero-order valence-electron chi connectivity index (χ0n) is 20.5. The number of benzene rings is 2. The fraction of sp³-hybridized carbons (Fsp3) is 0.280. The number of rotatable bonds is 2. The summed E-state index contributed by atoms with van der Waals surface area (Å²) in [7, 11) is 0. The fourth-order valence-electron chi connectivity index (χ4n) is 5.48. The van der Waals surface area contributed by atoms with Crippen LogP contribution in [0.1, 0.15) is 22.3 Å². The van der Waals surface area contributed by atoms with Gasteiger partial charge < -0.3 is 15.4 Å². The van der Waals surface area contributed by atoms with Gasteiger partial charge in [0.05, 0.1) is 32.8 Å². The molecule has 1 fully saturated rings. The van der Waals surface area contributed by atoms with E-state index < -0.39 is 42.0 Å². The van der Waals surface area contributed by atoms with Gasteiger partial charge in [0.15, 0.2) is 11.4 Å². The molecule has 2 atom stereocenters. The summed E-state index contributed by atoms with van der Waals surface area (Å²) < 4.78 is 75.5. The van der Waals surface area contributed by atoms with E-state index in [9.17, 15) is 32.4 Å². The maximum Gasteiger partial charge on any atom is 0.490 e. The second-order valence-corrected chi connectivity index (χ2v) is 10.8. The van der Waals surface area contributed by atoms with Crippen LogP contribution < -0.4 is 11.1 Å². The molecule has 2 aromatic carbocycles. The monoisotopic (exact) mass is 610 g/mol. The molecule has 0 spiro atoms. The first-order valence-corrected chi connectivity index (χ1v) is 13.2. The molecule has 1 saturated heterocycles. The van der Waals surface area contributed by atoms with Crippen molar-refractivity contribution in [3.63, 3.8) is 0 Å². The zero-order valence-corrected chi connectivity index (χ0v) is 22.1. The molecule has 2 aliphatic heterocycles. The van der Waals surface area contributed by atoms with Crippen molar-refractivity contribution < 1.29 is 36.3 Å². The Morgan fingerprint density at radius 3 is 2.68 bits per heavy atom. The van der Waals surface area contributed by atoms with E-state index in [0.29, 0.717) is 0 Å². The number of nitrogens with two attached hydrogens (primary N) is 1. The van der Waals surface area contributed by atoms with Gasteiger partial charge >= 0.3 is 12.1 Å². The van der Waals surface area contributed by atoms with Crippen molar-refractivity contribution in [1.82, 2.24) is 20.0 Å². The Hall–Kier alpha value is -4.00. The standard InChI is InChI=1S/C25H16ClF5N6O3S/c26-20-17-16(9-1-2-12(27)19-15(9)11(8-32)21(33)41-19)13(28)7-10-18(17)37(35-20)5-3-14-22(40-24(39)25(29,30)31)34-4-6-36(14)23(10)38/h1-2,7,14,22,34H,3-6,33H2/t14-,22?/m0/s1. The number of hydrogen-bond acceptors (Lipinski definition) is 8. The Labute approximate surface area is 235 Å². The van der Waals surface area contributed by atoms with Crippen molar-refractivity contribution in [3.8, 4) is 17.2 Å². The molecule has 16 heteroatoms. The number of nitrogens with one attached hydrogen (secondary N) is 1. The number of esters is 1. The van der Waals surface area contributed by atoms with E-state index in [0.717, 1.165) is 23.5 Å². The Bertz CT molecular complexity index is 1830. The Morgan fingerprint density at radius 2 is 1.98 bits per heavy atom. The van der Waals surface area contributed by atoms with Gasteiger partial charge in [0.25, 0.3) is 5.91 Å². The van der Waals surface area contributed by atoms with Gasteiger partial charge in [-0.2, -0.15) is 23.5 Å². The first-order chi connectivity index (χ1) is 19.4. The molecular weight excluding hydrogens is 595 g/mol. The highest BCUT2D eigenvalue weighted by molar-refractivity contribution is 7.23. The molecule has 6 rings (SSSR count). The number of carbonyl (C=O) groups excluding carboxylic acids is 2. The number of aryl methyl sites for hydroxylation is 1. The van der Waals surface area contributed by atoms with Crippen molar-refractivity contribution in [2.45, 2.75) is 31.4 Å². The van der Waals surface area contributed by atoms with Gasteiger partial charge in [-0.05, 0) is 24.1 Å². The van der Waals surface area contributed by atoms with Crippen molar-refractivity contribution >= 4 is 60.8 Å². The number of alkyl halides is 3. The summed E-state index contributed by atoms with van der Waals surface area (Å²) >= 11 is 7.34. The van der Waals surface area contributed by atoms with E-state index in [1.807, 2.05) is 6.07 Å². The molecule has 2 aromatic heterocycles. The molecule has 0 radical (unpaired) electrons. The van der Waals surface area contributed by atoms with E-state index in [4.69, 9.17) is 17.3 Å². The quantitative estimate of drug-likeness (QED) is 0.252. The predicted molar refractivity (Wildman–Crippen MR) is 138 cm³/mol. The summed E-state index contributed by atoms with van der Waals surface area (Å²) in [5, 5.41) is 16.6. The van der Waals surface area contributed by atoms with Gasteiger partial charge in [0.2, 0.25) is 0 Å². The summed E-state index contributed by atoms with van der Waals surface area (Å²) in [5.74, 6) is -4.74. The van der Waals surface area contributed by atoms with Gasteiger partial charge in [-0.15, -0.1) is 11.3 Å². The van der Waals surface area contributed by atoms with Crippen LogP contribution in [0.3, 0.4) is 0 Å². The van der Waals surface area contributed by atoms with Gasteiger partial charge in [-0.25, -0.2) is 13.6 Å². The minimum absolute atomic E-state index is 0.00512. The third kappa shape index (κ3) is 4.16.